The van der Waals surface area contributed by atoms with Gasteiger partial charge in [-0.25, -0.2) is 0 Å². The third-order valence-electron chi connectivity index (χ3n) is 3.79. The number of aromatic nitrogens is 3. The molecule has 1 amide bonds. The highest BCUT2D eigenvalue weighted by atomic mass is 16.5. The van der Waals surface area contributed by atoms with Gasteiger partial charge in [-0.2, -0.15) is 4.98 Å². The Kier molecular flexibility index (Phi) is 4.32. The third kappa shape index (κ3) is 3.41. The van der Waals surface area contributed by atoms with E-state index in [-0.39, 0.29) is 18.4 Å². The molecule has 7 heteroatoms. The van der Waals surface area contributed by atoms with Crippen LogP contribution in [0, 0.1) is 0 Å². The van der Waals surface area contributed by atoms with Gasteiger partial charge in [0, 0.05) is 32.1 Å². The summed E-state index contributed by atoms with van der Waals surface area (Å²) in [6, 6.07) is 3.62. The molecule has 1 aliphatic heterocycles. The first kappa shape index (κ1) is 14.5. The number of hydrogen-bond donors (Lipinski definition) is 0. The van der Waals surface area contributed by atoms with Crippen LogP contribution in [0.2, 0.25) is 0 Å². The molecule has 0 aromatic carbocycles. The van der Waals surface area contributed by atoms with Crippen LogP contribution in [0.1, 0.15) is 37.4 Å². The topological polar surface area (TPSA) is 81.4 Å². The summed E-state index contributed by atoms with van der Waals surface area (Å²) in [4.78, 5) is 21.5. The van der Waals surface area contributed by atoms with Crippen LogP contribution in [0.25, 0.3) is 0 Å². The van der Waals surface area contributed by atoms with Crippen molar-refractivity contribution in [3.05, 3.63) is 36.2 Å². The largest absolute Gasteiger partial charge is 0.482 e. The maximum absolute atomic E-state index is 11.3. The summed E-state index contributed by atoms with van der Waals surface area (Å²) in [5, 5.41) is 4.04. The Hall–Kier alpha value is -2.44. The molecular formula is C15H18N4O3. The van der Waals surface area contributed by atoms with Crippen molar-refractivity contribution in [2.24, 2.45) is 0 Å². The SMILES string of the molecule is CC(=O)N1CCC(c2noc(COc3cccnc3)n2)CC1. The van der Waals surface area contributed by atoms with Gasteiger partial charge in [-0.15, -0.1) is 0 Å². The molecule has 0 atom stereocenters. The Labute approximate surface area is 128 Å². The van der Waals surface area contributed by atoms with E-state index in [1.54, 1.807) is 25.4 Å². The standard InChI is InChI=1S/C15H18N4O3/c1-11(20)19-7-4-12(5-8-19)15-17-14(22-18-15)10-21-13-3-2-6-16-9-13/h2-3,6,9,12H,4-5,7-8,10H2,1H3. The van der Waals surface area contributed by atoms with Crippen LogP contribution in [0.15, 0.2) is 29.0 Å². The van der Waals surface area contributed by atoms with Gasteiger partial charge in [-0.1, -0.05) is 5.16 Å². The van der Waals surface area contributed by atoms with E-state index in [1.807, 2.05) is 11.0 Å². The van der Waals surface area contributed by atoms with Gasteiger partial charge < -0.3 is 14.2 Å². The molecule has 2 aromatic rings. The highest BCUT2D eigenvalue weighted by molar-refractivity contribution is 5.73. The molecule has 0 radical (unpaired) electrons. The summed E-state index contributed by atoms with van der Waals surface area (Å²) >= 11 is 0. The van der Waals surface area contributed by atoms with E-state index >= 15 is 0 Å². The van der Waals surface area contributed by atoms with E-state index in [0.717, 1.165) is 25.9 Å². The normalized spacial score (nSPS) is 15.8. The van der Waals surface area contributed by atoms with E-state index in [4.69, 9.17) is 9.26 Å². The highest BCUT2D eigenvalue weighted by Gasteiger charge is 2.25. The van der Waals surface area contributed by atoms with E-state index < -0.39 is 0 Å². The number of likely N-dealkylation sites (tertiary alicyclic amines) is 1. The fourth-order valence-corrected chi connectivity index (χ4v) is 2.52. The summed E-state index contributed by atoms with van der Waals surface area (Å²) in [6.07, 6.45) is 5.05. The Morgan fingerprint density at radius 3 is 2.95 bits per heavy atom. The number of nitrogens with zero attached hydrogens (tertiary/aromatic N) is 4. The zero-order chi connectivity index (χ0) is 15.4. The van der Waals surface area contributed by atoms with Gasteiger partial charge in [0.25, 0.3) is 5.89 Å². The summed E-state index contributed by atoms with van der Waals surface area (Å²) in [5.74, 6) is 2.18. The van der Waals surface area contributed by atoms with Crippen molar-refractivity contribution in [2.75, 3.05) is 13.1 Å². The fraction of sp³-hybridized carbons (Fsp3) is 0.467. The molecule has 0 bridgehead atoms. The minimum absolute atomic E-state index is 0.122. The first-order valence-corrected chi connectivity index (χ1v) is 7.33. The second-order valence-corrected chi connectivity index (χ2v) is 5.30. The zero-order valence-electron chi connectivity index (χ0n) is 12.4. The molecule has 0 unspecified atom stereocenters. The van der Waals surface area contributed by atoms with Gasteiger partial charge in [0.2, 0.25) is 5.91 Å². The molecule has 1 fully saturated rings. The van der Waals surface area contributed by atoms with E-state index in [9.17, 15) is 4.79 Å². The summed E-state index contributed by atoms with van der Waals surface area (Å²) in [6.45, 7) is 3.32. The van der Waals surface area contributed by atoms with Crippen molar-refractivity contribution < 1.29 is 14.1 Å². The second kappa shape index (κ2) is 6.55. The van der Waals surface area contributed by atoms with Crippen LogP contribution in [-0.2, 0) is 11.4 Å². The number of pyridine rings is 1. The highest BCUT2D eigenvalue weighted by Crippen LogP contribution is 2.26. The minimum atomic E-state index is 0.122. The molecular weight excluding hydrogens is 284 g/mol. The lowest BCUT2D eigenvalue weighted by atomic mass is 9.96. The van der Waals surface area contributed by atoms with Gasteiger partial charge in [0.05, 0.1) is 6.20 Å². The minimum Gasteiger partial charge on any atom is -0.482 e. The van der Waals surface area contributed by atoms with Crippen LogP contribution < -0.4 is 4.74 Å². The average molecular weight is 302 g/mol. The molecule has 3 rings (SSSR count). The van der Waals surface area contributed by atoms with Crippen molar-refractivity contribution in [2.45, 2.75) is 32.3 Å². The lowest BCUT2D eigenvalue weighted by molar-refractivity contribution is -0.129. The smallest absolute Gasteiger partial charge is 0.264 e. The van der Waals surface area contributed by atoms with E-state index in [2.05, 4.69) is 15.1 Å². The number of carbonyl (C=O) groups is 1. The Morgan fingerprint density at radius 2 is 2.27 bits per heavy atom. The maximum Gasteiger partial charge on any atom is 0.264 e. The van der Waals surface area contributed by atoms with Crippen molar-refractivity contribution in [1.29, 1.82) is 0 Å². The number of rotatable bonds is 4. The van der Waals surface area contributed by atoms with Crippen LogP contribution in [-0.4, -0.2) is 39.0 Å². The predicted octanol–water partition coefficient (Wildman–Crippen LogP) is 1.77. The number of amides is 1. The van der Waals surface area contributed by atoms with E-state index in [1.165, 1.54) is 0 Å². The zero-order valence-corrected chi connectivity index (χ0v) is 12.4. The molecule has 0 spiro atoms. The van der Waals surface area contributed by atoms with Crippen LogP contribution in [0.4, 0.5) is 0 Å². The predicted molar refractivity (Wildman–Crippen MR) is 77.1 cm³/mol. The molecule has 22 heavy (non-hydrogen) atoms. The quantitative estimate of drug-likeness (QED) is 0.856. The summed E-state index contributed by atoms with van der Waals surface area (Å²) in [5.41, 5.74) is 0. The fourth-order valence-electron chi connectivity index (χ4n) is 2.52. The van der Waals surface area contributed by atoms with Crippen LogP contribution in [0.5, 0.6) is 5.75 Å². The van der Waals surface area contributed by atoms with Gasteiger partial charge >= 0.3 is 0 Å². The lowest BCUT2D eigenvalue weighted by Gasteiger charge is -2.29. The maximum atomic E-state index is 11.3. The third-order valence-corrected chi connectivity index (χ3v) is 3.79. The monoisotopic (exact) mass is 302 g/mol. The van der Waals surface area contributed by atoms with Crippen LogP contribution >= 0.6 is 0 Å². The van der Waals surface area contributed by atoms with E-state index in [0.29, 0.717) is 17.5 Å². The van der Waals surface area contributed by atoms with Gasteiger partial charge in [-0.05, 0) is 25.0 Å². The van der Waals surface area contributed by atoms with Crippen LogP contribution in [0.3, 0.4) is 0 Å². The molecule has 0 saturated carbocycles. The number of carbonyl (C=O) groups excluding carboxylic acids is 1. The first-order valence-electron chi connectivity index (χ1n) is 7.33. The molecule has 1 aliphatic rings. The molecule has 7 nitrogen and oxygen atoms in total. The Morgan fingerprint density at radius 1 is 1.45 bits per heavy atom. The molecule has 116 valence electrons. The average Bonchev–Trinajstić information content (AvgIpc) is 3.03. The Bertz CT molecular complexity index is 621. The number of ether oxygens (including phenoxy) is 1. The molecule has 0 N–H and O–H groups in total. The number of hydrogen-bond acceptors (Lipinski definition) is 6. The number of piperidine rings is 1. The lowest BCUT2D eigenvalue weighted by Crippen LogP contribution is -2.36. The second-order valence-electron chi connectivity index (χ2n) is 5.30. The molecule has 0 aliphatic carbocycles. The van der Waals surface area contributed by atoms with Crippen molar-refractivity contribution in [3.63, 3.8) is 0 Å². The van der Waals surface area contributed by atoms with Gasteiger partial charge in [0.1, 0.15) is 5.75 Å². The van der Waals surface area contributed by atoms with Gasteiger partial charge in [-0.3, -0.25) is 9.78 Å². The summed E-state index contributed by atoms with van der Waals surface area (Å²) in [7, 11) is 0. The molecule has 1 saturated heterocycles. The molecule has 3 heterocycles. The van der Waals surface area contributed by atoms with Crippen molar-refractivity contribution in [1.82, 2.24) is 20.0 Å². The first-order chi connectivity index (χ1) is 10.7. The van der Waals surface area contributed by atoms with Crippen molar-refractivity contribution in [3.8, 4) is 5.75 Å². The molecule has 2 aromatic heterocycles. The van der Waals surface area contributed by atoms with Crippen molar-refractivity contribution >= 4 is 5.91 Å². The Balaban J connectivity index is 1.54. The van der Waals surface area contributed by atoms with Gasteiger partial charge in [0.15, 0.2) is 12.4 Å². The summed E-state index contributed by atoms with van der Waals surface area (Å²) < 4.78 is 10.8.